The number of hydrogen-bond acceptors (Lipinski definition) is 5. The van der Waals surface area contributed by atoms with E-state index in [0.29, 0.717) is 22.3 Å². The Kier molecular flexibility index (Phi) is 13.4. The van der Waals surface area contributed by atoms with Crippen LogP contribution in [0.1, 0.15) is 111 Å². The van der Waals surface area contributed by atoms with Gasteiger partial charge in [0.25, 0.3) is 0 Å². The summed E-state index contributed by atoms with van der Waals surface area (Å²) in [6.07, 6.45) is 3.88. The normalized spacial score (nSPS) is 13.6. The molecule has 2 N–H and O–H groups in total. The molecule has 8 aromatic rings. The molecule has 0 saturated carbocycles. The Morgan fingerprint density at radius 3 is 1.13 bits per heavy atom. The summed E-state index contributed by atoms with van der Waals surface area (Å²) in [4.78, 5) is 28.3. The van der Waals surface area contributed by atoms with Crippen molar-refractivity contribution in [3.8, 4) is 56.0 Å². The molecular weight excluding hydrogens is 1150 g/mol. The topological polar surface area (TPSA) is 92.9 Å². The summed E-state index contributed by atoms with van der Waals surface area (Å²) in [6.45, 7) is 15.3. The van der Waals surface area contributed by atoms with Crippen molar-refractivity contribution in [3.05, 3.63) is 186 Å². The largest absolute Gasteiger partial charge is 0.465 e. The average molecular weight is 1190 g/mol. The number of carbonyl (C=O) groups excluding carboxylic acids is 1. The summed E-state index contributed by atoms with van der Waals surface area (Å²) >= 11 is 0. The maximum atomic E-state index is 16.4. The fourth-order valence-electron chi connectivity index (χ4n) is 11.0. The number of methoxy groups -OCH3 is 1. The predicted octanol–water partition coefficient (Wildman–Crippen LogP) is 18.2. The Labute approximate surface area is 472 Å². The SMILES string of the molecule is COC(=O)c1cc(C(C)(C)C)cc2c1Oc1c(-c3c4nc(c(-c5c(F)c(F)c(F)c(F)c5F)c5ccc([nH]5)c(-c5c(F)c(F)c(F)c(F)c5F)c5nc(c(-c6c(F)c(F)c(F)c(F)c6F)c6ccc3[nH]6)C=C5)C=C4)ccc(C(C)(C)C)c1C2(C)C. The lowest BCUT2D eigenvalue weighted by molar-refractivity contribution is 0.0597. The van der Waals surface area contributed by atoms with E-state index >= 15 is 52.7 Å². The van der Waals surface area contributed by atoms with Crippen LogP contribution in [0, 0.1) is 87.3 Å². The number of esters is 1. The summed E-state index contributed by atoms with van der Waals surface area (Å²) in [7, 11) is 1.17. The van der Waals surface area contributed by atoms with E-state index in [-0.39, 0.29) is 39.4 Å². The molecule has 85 heavy (non-hydrogen) atoms. The summed E-state index contributed by atoms with van der Waals surface area (Å²) in [5.41, 5.74) is -12.7. The van der Waals surface area contributed by atoms with Gasteiger partial charge in [-0.15, -0.1) is 0 Å². The van der Waals surface area contributed by atoms with E-state index in [1.807, 2.05) is 61.5 Å². The van der Waals surface area contributed by atoms with Gasteiger partial charge in [0.2, 0.25) is 17.5 Å². The monoisotopic (exact) mass is 1190 g/mol. The number of aromatic amines is 2. The van der Waals surface area contributed by atoms with Crippen LogP contribution in [-0.2, 0) is 21.0 Å². The van der Waals surface area contributed by atoms with Crippen molar-refractivity contribution in [2.45, 2.75) is 71.6 Å². The minimum absolute atomic E-state index is 0.00814. The predicted molar refractivity (Wildman–Crippen MR) is 287 cm³/mol. The Bertz CT molecular complexity index is 4430. The highest BCUT2D eigenvalue weighted by Gasteiger charge is 2.44. The number of H-pyrrole nitrogens is 2. The number of benzene rings is 5. The molecule has 0 unspecified atom stereocenters. The Morgan fingerprint density at radius 1 is 0.447 bits per heavy atom. The molecule has 22 heteroatoms. The van der Waals surface area contributed by atoms with Crippen molar-refractivity contribution >= 4 is 52.3 Å². The molecule has 0 amide bonds. The number of fused-ring (bicyclic) bond motifs is 10. The van der Waals surface area contributed by atoms with Crippen molar-refractivity contribution in [1.82, 2.24) is 19.9 Å². The van der Waals surface area contributed by atoms with Gasteiger partial charge in [-0.05, 0) is 76.6 Å². The third kappa shape index (κ3) is 8.71. The van der Waals surface area contributed by atoms with Gasteiger partial charge in [0, 0.05) is 66.4 Å². The van der Waals surface area contributed by atoms with Gasteiger partial charge in [0.15, 0.2) is 69.8 Å². The molecule has 5 aromatic carbocycles. The molecule has 3 aliphatic rings. The van der Waals surface area contributed by atoms with Crippen LogP contribution in [-0.4, -0.2) is 33.0 Å². The quantitative estimate of drug-likeness (QED) is 0.0775. The zero-order chi connectivity index (χ0) is 61.7. The van der Waals surface area contributed by atoms with E-state index in [1.54, 1.807) is 18.2 Å². The maximum absolute atomic E-state index is 16.4. The molecule has 0 radical (unpaired) electrons. The molecule has 3 aliphatic heterocycles. The zero-order valence-corrected chi connectivity index (χ0v) is 45.7. The van der Waals surface area contributed by atoms with Crippen LogP contribution < -0.4 is 4.74 Å². The fraction of sp³-hybridized carbons (Fsp3) is 0.190. The summed E-state index contributed by atoms with van der Waals surface area (Å²) in [5, 5.41) is 0. The molecule has 0 saturated heterocycles. The standard InChI is InChI=1S/C63H41F15N4O3/c1-61(2,3)22-20-24(60(83)84-9)58-26(21-22)63(7,8)42-25(62(4,5)6)11-10-23(59(42)85-58)35-27-12-14-29(79-27)36(39-43(64)49(70)55(76)50(71)44(39)65)31-16-18-33(81-31)38(41-47(68)53(74)57(78)54(75)48(41)69)34-19-17-32(82-34)37(30-15-13-28(35)80-30)40-45(66)51(72)56(77)52(73)46(40)67/h10-21,79,82H,1-9H3. The van der Waals surface area contributed by atoms with Gasteiger partial charge in [-0.2, -0.15) is 0 Å². The second kappa shape index (κ2) is 19.8. The highest BCUT2D eigenvalue weighted by molar-refractivity contribution is 6.02. The number of rotatable bonds is 5. The molecular formula is C63H41F15N4O3. The molecule has 0 atom stereocenters. The number of carbonyl (C=O) groups is 1. The van der Waals surface area contributed by atoms with Crippen molar-refractivity contribution < 1.29 is 80.1 Å². The van der Waals surface area contributed by atoms with Gasteiger partial charge in [-0.1, -0.05) is 73.6 Å². The minimum atomic E-state index is -2.64. The van der Waals surface area contributed by atoms with Crippen LogP contribution in [0.3, 0.4) is 0 Å². The number of ether oxygens (including phenoxy) is 2. The van der Waals surface area contributed by atoms with Crippen LogP contribution in [0.15, 0.2) is 48.5 Å². The maximum Gasteiger partial charge on any atom is 0.341 e. The van der Waals surface area contributed by atoms with Gasteiger partial charge in [-0.25, -0.2) is 80.6 Å². The molecule has 0 fully saturated rings. The summed E-state index contributed by atoms with van der Waals surface area (Å²) in [5.74, 6) is -38.0. The van der Waals surface area contributed by atoms with Crippen LogP contribution in [0.5, 0.6) is 11.5 Å². The molecule has 436 valence electrons. The Balaban J connectivity index is 1.39. The lowest BCUT2D eigenvalue weighted by Gasteiger charge is -2.41. The second-order valence-corrected chi connectivity index (χ2v) is 22.8. The third-order valence-corrected chi connectivity index (χ3v) is 15.2. The van der Waals surface area contributed by atoms with Crippen molar-refractivity contribution in [2.24, 2.45) is 0 Å². The van der Waals surface area contributed by atoms with Gasteiger partial charge in [-0.3, -0.25) is 0 Å². The first kappa shape index (κ1) is 57.7. The van der Waals surface area contributed by atoms with E-state index in [1.165, 1.54) is 19.3 Å². The lowest BCUT2D eigenvalue weighted by Crippen LogP contribution is -2.31. The number of halogens is 15. The van der Waals surface area contributed by atoms with Crippen molar-refractivity contribution in [3.63, 3.8) is 0 Å². The first-order valence-corrected chi connectivity index (χ1v) is 25.7. The van der Waals surface area contributed by atoms with E-state index in [9.17, 15) is 18.0 Å². The Hall–Kier alpha value is -9.08. The highest BCUT2D eigenvalue weighted by atomic mass is 19.2. The molecule has 8 bridgehead atoms. The van der Waals surface area contributed by atoms with E-state index in [2.05, 4.69) is 15.0 Å². The van der Waals surface area contributed by atoms with Crippen LogP contribution >= 0.6 is 0 Å². The molecule has 11 rings (SSSR count). The van der Waals surface area contributed by atoms with Gasteiger partial charge >= 0.3 is 5.97 Å². The van der Waals surface area contributed by atoms with E-state index in [4.69, 9.17) is 14.5 Å². The van der Waals surface area contributed by atoms with Crippen molar-refractivity contribution in [2.75, 3.05) is 7.11 Å². The van der Waals surface area contributed by atoms with Gasteiger partial charge in [0.1, 0.15) is 17.1 Å². The van der Waals surface area contributed by atoms with Crippen LogP contribution in [0.25, 0.3) is 90.9 Å². The van der Waals surface area contributed by atoms with Gasteiger partial charge in [0.05, 0.1) is 46.6 Å². The van der Waals surface area contributed by atoms with Crippen LogP contribution in [0.4, 0.5) is 65.9 Å². The smallest absolute Gasteiger partial charge is 0.341 e. The van der Waals surface area contributed by atoms with Crippen molar-refractivity contribution in [1.29, 1.82) is 0 Å². The molecule has 0 spiro atoms. The minimum Gasteiger partial charge on any atom is -0.465 e. The molecule has 7 nitrogen and oxygen atoms in total. The highest BCUT2D eigenvalue weighted by Crippen LogP contribution is 2.57. The first-order valence-electron chi connectivity index (χ1n) is 25.7. The Morgan fingerprint density at radius 2 is 0.788 bits per heavy atom. The lowest BCUT2D eigenvalue weighted by atomic mass is 9.67. The van der Waals surface area contributed by atoms with Crippen LogP contribution in [0.2, 0.25) is 0 Å². The van der Waals surface area contributed by atoms with E-state index in [0.717, 1.165) is 36.4 Å². The number of nitrogens with one attached hydrogen (secondary N) is 2. The zero-order valence-electron chi connectivity index (χ0n) is 45.7. The number of aromatic nitrogens is 4. The molecule has 6 heterocycles. The van der Waals surface area contributed by atoms with Gasteiger partial charge < -0.3 is 19.4 Å². The molecule has 3 aromatic heterocycles. The second-order valence-electron chi connectivity index (χ2n) is 22.8. The number of nitrogens with zero attached hydrogens (tertiary/aromatic N) is 2. The molecule has 0 aliphatic carbocycles. The van der Waals surface area contributed by atoms with E-state index < -0.39 is 176 Å². The number of hydrogen-bond donors (Lipinski definition) is 2. The third-order valence-electron chi connectivity index (χ3n) is 15.2. The average Bonchev–Trinajstić information content (AvgIpc) is 1.56. The summed E-state index contributed by atoms with van der Waals surface area (Å²) < 4.78 is 247. The first-order chi connectivity index (χ1) is 39.8. The fourth-order valence-corrected chi connectivity index (χ4v) is 11.0. The summed E-state index contributed by atoms with van der Waals surface area (Å²) in [6, 6.07) is 10.8.